The van der Waals surface area contributed by atoms with Gasteiger partial charge in [-0.25, -0.2) is 0 Å². The van der Waals surface area contributed by atoms with E-state index < -0.39 is 0 Å². The Morgan fingerprint density at radius 3 is 2.62 bits per heavy atom. The van der Waals surface area contributed by atoms with Crippen LogP contribution in [0.3, 0.4) is 0 Å². The Labute approximate surface area is 127 Å². The van der Waals surface area contributed by atoms with Crippen LogP contribution in [0.15, 0.2) is 53.9 Å². The zero-order valence-corrected chi connectivity index (χ0v) is 12.4. The molecule has 3 rings (SSSR count). The lowest BCUT2D eigenvalue weighted by Gasteiger charge is -2.11. The van der Waals surface area contributed by atoms with Crippen LogP contribution in [-0.4, -0.2) is 13.0 Å². The van der Waals surface area contributed by atoms with E-state index in [4.69, 9.17) is 4.74 Å². The van der Waals surface area contributed by atoms with E-state index in [9.17, 15) is 4.79 Å². The number of nitrogens with one attached hydrogen (secondary N) is 1. The molecule has 2 aromatic carbocycles. The normalized spacial score (nSPS) is 10.5. The predicted octanol–water partition coefficient (Wildman–Crippen LogP) is 4.09. The molecule has 0 spiro atoms. The predicted molar refractivity (Wildman–Crippen MR) is 87.2 cm³/mol. The van der Waals surface area contributed by atoms with Crippen LogP contribution in [0.25, 0.3) is 10.8 Å². The summed E-state index contributed by atoms with van der Waals surface area (Å²) in [4.78, 5) is 13.2. The molecule has 0 unspecified atom stereocenters. The Morgan fingerprint density at radius 2 is 1.90 bits per heavy atom. The summed E-state index contributed by atoms with van der Waals surface area (Å²) in [5, 5.41) is 6.94. The van der Waals surface area contributed by atoms with Crippen LogP contribution >= 0.6 is 11.3 Å². The van der Waals surface area contributed by atoms with Gasteiger partial charge in [0.25, 0.3) is 0 Å². The number of ether oxygens (including phenoxy) is 1. The maximum absolute atomic E-state index is 12.1. The van der Waals surface area contributed by atoms with Gasteiger partial charge in [-0.3, -0.25) is 4.79 Å². The summed E-state index contributed by atoms with van der Waals surface area (Å²) < 4.78 is 5.36. The highest BCUT2D eigenvalue weighted by molar-refractivity contribution is 7.10. The van der Waals surface area contributed by atoms with Crippen molar-refractivity contribution >= 4 is 33.7 Å². The van der Waals surface area contributed by atoms with Gasteiger partial charge >= 0.3 is 0 Å². The molecule has 0 aliphatic rings. The maximum atomic E-state index is 12.1. The molecule has 0 atom stereocenters. The zero-order chi connectivity index (χ0) is 14.7. The quantitative estimate of drug-likeness (QED) is 0.787. The number of carbonyl (C=O) groups is 1. The second-order valence-electron chi connectivity index (χ2n) is 4.67. The summed E-state index contributed by atoms with van der Waals surface area (Å²) in [5.74, 6) is 0.801. The molecule has 1 aromatic heterocycles. The fourth-order valence-corrected chi connectivity index (χ4v) is 3.03. The average molecular weight is 297 g/mol. The highest BCUT2D eigenvalue weighted by Gasteiger charge is 2.09. The molecule has 0 aliphatic heterocycles. The summed E-state index contributed by atoms with van der Waals surface area (Å²) in [6, 6.07) is 15.6. The van der Waals surface area contributed by atoms with Crippen molar-refractivity contribution in [3.05, 3.63) is 58.8 Å². The number of fused-ring (bicyclic) bond motifs is 1. The first-order valence-electron chi connectivity index (χ1n) is 6.66. The summed E-state index contributed by atoms with van der Waals surface area (Å²) in [5.41, 5.74) is 0.813. The Hall–Kier alpha value is -2.33. The third kappa shape index (κ3) is 2.90. The van der Waals surface area contributed by atoms with Crippen LogP contribution < -0.4 is 10.1 Å². The largest absolute Gasteiger partial charge is 0.496 e. The van der Waals surface area contributed by atoms with Crippen molar-refractivity contribution in [3.63, 3.8) is 0 Å². The van der Waals surface area contributed by atoms with Gasteiger partial charge in [0.1, 0.15) is 5.75 Å². The number of rotatable bonds is 4. The van der Waals surface area contributed by atoms with E-state index in [1.54, 1.807) is 18.4 Å². The molecular formula is C17H15NO2S. The van der Waals surface area contributed by atoms with Crippen molar-refractivity contribution in [2.45, 2.75) is 6.42 Å². The van der Waals surface area contributed by atoms with Gasteiger partial charge < -0.3 is 10.1 Å². The van der Waals surface area contributed by atoms with Gasteiger partial charge in [0.15, 0.2) is 0 Å². The fraction of sp³-hybridized carbons (Fsp3) is 0.118. The number of hydrogen-bond donors (Lipinski definition) is 1. The molecule has 1 N–H and O–H groups in total. The number of thiophene rings is 1. The van der Waals surface area contributed by atoms with Crippen LogP contribution in [0, 0.1) is 0 Å². The van der Waals surface area contributed by atoms with Gasteiger partial charge in [-0.15, -0.1) is 11.3 Å². The van der Waals surface area contributed by atoms with Gasteiger partial charge in [0, 0.05) is 21.3 Å². The molecule has 21 heavy (non-hydrogen) atoms. The van der Waals surface area contributed by atoms with Gasteiger partial charge in [-0.05, 0) is 23.6 Å². The first kappa shape index (κ1) is 13.6. The SMILES string of the molecule is COc1ccc(NC(=O)Cc2cccs2)c2ccccc12. The van der Waals surface area contributed by atoms with E-state index in [1.165, 1.54) is 0 Å². The van der Waals surface area contributed by atoms with Crippen molar-refractivity contribution in [3.8, 4) is 5.75 Å². The molecule has 3 nitrogen and oxygen atoms in total. The number of anilines is 1. The maximum Gasteiger partial charge on any atom is 0.229 e. The lowest BCUT2D eigenvalue weighted by atomic mass is 10.1. The van der Waals surface area contributed by atoms with E-state index in [0.717, 1.165) is 27.1 Å². The van der Waals surface area contributed by atoms with E-state index in [1.807, 2.05) is 53.9 Å². The topological polar surface area (TPSA) is 38.3 Å². The Bertz CT molecular complexity index is 766. The number of carbonyl (C=O) groups excluding carboxylic acids is 1. The lowest BCUT2D eigenvalue weighted by Crippen LogP contribution is -2.14. The van der Waals surface area contributed by atoms with Gasteiger partial charge in [-0.2, -0.15) is 0 Å². The second kappa shape index (κ2) is 5.97. The lowest BCUT2D eigenvalue weighted by molar-refractivity contribution is -0.115. The number of hydrogen-bond acceptors (Lipinski definition) is 3. The molecule has 3 aromatic rings. The van der Waals surface area contributed by atoms with Gasteiger partial charge in [-0.1, -0.05) is 30.3 Å². The van der Waals surface area contributed by atoms with Crippen molar-refractivity contribution < 1.29 is 9.53 Å². The summed E-state index contributed by atoms with van der Waals surface area (Å²) in [7, 11) is 1.65. The molecule has 0 bridgehead atoms. The first-order valence-corrected chi connectivity index (χ1v) is 7.54. The highest BCUT2D eigenvalue weighted by Crippen LogP contribution is 2.31. The third-order valence-electron chi connectivity index (χ3n) is 3.29. The Morgan fingerprint density at radius 1 is 1.10 bits per heavy atom. The summed E-state index contributed by atoms with van der Waals surface area (Å²) >= 11 is 1.59. The molecule has 4 heteroatoms. The van der Waals surface area contributed by atoms with Crippen molar-refractivity contribution in [2.24, 2.45) is 0 Å². The average Bonchev–Trinajstić information content (AvgIpc) is 3.00. The van der Waals surface area contributed by atoms with Crippen molar-refractivity contribution in [1.29, 1.82) is 0 Å². The Kier molecular flexibility index (Phi) is 3.88. The Balaban J connectivity index is 1.89. The third-order valence-corrected chi connectivity index (χ3v) is 4.17. The monoisotopic (exact) mass is 297 g/mol. The van der Waals surface area contributed by atoms with Crippen LogP contribution in [-0.2, 0) is 11.2 Å². The molecule has 0 aliphatic carbocycles. The molecule has 1 heterocycles. The van der Waals surface area contributed by atoms with E-state index in [-0.39, 0.29) is 5.91 Å². The molecule has 0 saturated carbocycles. The number of amides is 1. The highest BCUT2D eigenvalue weighted by atomic mass is 32.1. The minimum absolute atomic E-state index is 0.00669. The van der Waals surface area contributed by atoms with E-state index >= 15 is 0 Å². The van der Waals surface area contributed by atoms with Gasteiger partial charge in [0.2, 0.25) is 5.91 Å². The van der Waals surface area contributed by atoms with Crippen LogP contribution in [0.2, 0.25) is 0 Å². The van der Waals surface area contributed by atoms with Crippen LogP contribution in [0.5, 0.6) is 5.75 Å². The number of benzene rings is 2. The van der Waals surface area contributed by atoms with Crippen LogP contribution in [0.4, 0.5) is 5.69 Å². The summed E-state index contributed by atoms with van der Waals surface area (Å²) in [6.07, 6.45) is 0.401. The molecule has 1 amide bonds. The molecule has 106 valence electrons. The smallest absolute Gasteiger partial charge is 0.229 e. The molecule has 0 fully saturated rings. The molecule has 0 radical (unpaired) electrons. The summed E-state index contributed by atoms with van der Waals surface area (Å²) in [6.45, 7) is 0. The van der Waals surface area contributed by atoms with Crippen molar-refractivity contribution in [1.82, 2.24) is 0 Å². The van der Waals surface area contributed by atoms with Crippen LogP contribution in [0.1, 0.15) is 4.88 Å². The molecular weight excluding hydrogens is 282 g/mol. The minimum Gasteiger partial charge on any atom is -0.496 e. The van der Waals surface area contributed by atoms with Gasteiger partial charge in [0.05, 0.1) is 13.5 Å². The fourth-order valence-electron chi connectivity index (χ4n) is 2.32. The zero-order valence-electron chi connectivity index (χ0n) is 11.6. The first-order chi connectivity index (χ1) is 10.3. The second-order valence-corrected chi connectivity index (χ2v) is 5.70. The number of methoxy groups -OCH3 is 1. The van der Waals surface area contributed by atoms with Crippen molar-refractivity contribution in [2.75, 3.05) is 12.4 Å². The van der Waals surface area contributed by atoms with E-state index in [0.29, 0.717) is 6.42 Å². The van der Waals surface area contributed by atoms with E-state index in [2.05, 4.69) is 5.32 Å². The molecule has 0 saturated heterocycles. The standard InChI is InChI=1S/C17H15NO2S/c1-20-16-9-8-15(13-6-2-3-7-14(13)16)18-17(19)11-12-5-4-10-21-12/h2-10H,11H2,1H3,(H,18,19). The minimum atomic E-state index is -0.00669.